The summed E-state index contributed by atoms with van der Waals surface area (Å²) in [5.74, 6) is 0. The van der Waals surface area contributed by atoms with Gasteiger partial charge in [0.1, 0.15) is 7.85 Å². The van der Waals surface area contributed by atoms with Crippen molar-refractivity contribution in [1.29, 1.82) is 0 Å². The molecule has 0 fully saturated rings. The molecule has 56 valence electrons. The quantitative estimate of drug-likeness (QED) is 0.518. The van der Waals surface area contributed by atoms with Gasteiger partial charge in [0.2, 0.25) is 0 Å². The molecule has 1 aromatic rings. The number of hydrogen-bond acceptors (Lipinski definition) is 3. The largest absolute Gasteiger partial charge is 0.264 e. The lowest BCUT2D eigenvalue weighted by Gasteiger charge is -1.97. The van der Waals surface area contributed by atoms with E-state index in [1.165, 1.54) is 18.5 Å². The molecule has 0 spiro atoms. The van der Waals surface area contributed by atoms with Gasteiger partial charge in [0.05, 0.1) is 4.90 Å². The third-order valence-electron chi connectivity index (χ3n) is 1.16. The Morgan fingerprint density at radius 3 is 2.45 bits per heavy atom. The van der Waals surface area contributed by atoms with Crippen molar-refractivity contribution in [3.05, 3.63) is 18.5 Å². The summed E-state index contributed by atoms with van der Waals surface area (Å²) in [5, 5.41) is 0. The van der Waals surface area contributed by atoms with Gasteiger partial charge in [0.25, 0.3) is 0 Å². The van der Waals surface area contributed by atoms with Crippen LogP contribution in [-0.2, 0) is 9.84 Å². The molecule has 1 heterocycles. The van der Waals surface area contributed by atoms with E-state index in [1.807, 2.05) is 0 Å². The lowest BCUT2D eigenvalue weighted by atomic mass is 9.99. The third-order valence-corrected chi connectivity index (χ3v) is 2.24. The Labute approximate surface area is 66.8 Å². The first-order chi connectivity index (χ1) is 5.00. The molecule has 0 aliphatic heterocycles. The Morgan fingerprint density at radius 1 is 1.45 bits per heavy atom. The number of rotatable bonds is 1. The van der Waals surface area contributed by atoms with Gasteiger partial charge in [-0.25, -0.2) is 8.42 Å². The highest BCUT2D eigenvalue weighted by Gasteiger charge is 2.05. The Morgan fingerprint density at radius 2 is 2.09 bits per heavy atom. The minimum Gasteiger partial charge on any atom is -0.264 e. The highest BCUT2D eigenvalue weighted by molar-refractivity contribution is 7.90. The summed E-state index contributed by atoms with van der Waals surface area (Å²) in [5.41, 5.74) is 0.355. The lowest BCUT2D eigenvalue weighted by molar-refractivity contribution is 0.601. The summed E-state index contributed by atoms with van der Waals surface area (Å²) in [7, 11) is 2.16. The van der Waals surface area contributed by atoms with E-state index in [9.17, 15) is 8.42 Å². The topological polar surface area (TPSA) is 47.0 Å². The fraction of sp³-hybridized carbons (Fsp3) is 0.167. The summed E-state index contributed by atoms with van der Waals surface area (Å²) in [6.45, 7) is 0. The van der Waals surface area contributed by atoms with Crippen LogP contribution in [0.25, 0.3) is 0 Å². The average molecular weight is 167 g/mol. The number of pyridine rings is 1. The maximum Gasteiger partial charge on any atom is 0.177 e. The molecule has 0 aromatic carbocycles. The number of aromatic nitrogens is 1. The maximum atomic E-state index is 10.9. The molecule has 0 aliphatic rings. The minimum absolute atomic E-state index is 0.150. The van der Waals surface area contributed by atoms with E-state index in [0.717, 1.165) is 6.26 Å². The second-order valence-corrected chi connectivity index (χ2v) is 4.24. The van der Waals surface area contributed by atoms with E-state index in [1.54, 1.807) is 0 Å². The molecule has 1 rings (SSSR count). The SMILES string of the molecule is [B]c1cncc(S(C)(=O)=O)c1. The van der Waals surface area contributed by atoms with E-state index in [-0.39, 0.29) is 4.90 Å². The summed E-state index contributed by atoms with van der Waals surface area (Å²) in [6.07, 6.45) is 3.78. The van der Waals surface area contributed by atoms with Crippen molar-refractivity contribution in [3.63, 3.8) is 0 Å². The molecular weight excluding hydrogens is 161 g/mol. The van der Waals surface area contributed by atoms with Crippen molar-refractivity contribution in [3.8, 4) is 0 Å². The second kappa shape index (κ2) is 2.66. The summed E-state index contributed by atoms with van der Waals surface area (Å²) in [4.78, 5) is 3.80. The van der Waals surface area contributed by atoms with Gasteiger partial charge < -0.3 is 0 Å². The molecule has 0 N–H and O–H groups in total. The van der Waals surface area contributed by atoms with Crippen molar-refractivity contribution in [2.75, 3.05) is 6.26 Å². The molecule has 0 atom stereocenters. The molecular formula is C6H6BNO2S. The van der Waals surface area contributed by atoms with Gasteiger partial charge in [-0.2, -0.15) is 0 Å². The van der Waals surface area contributed by atoms with Crippen molar-refractivity contribution in [1.82, 2.24) is 4.98 Å². The molecule has 11 heavy (non-hydrogen) atoms. The Balaban J connectivity index is 3.28. The summed E-state index contributed by atoms with van der Waals surface area (Å²) < 4.78 is 21.8. The Bertz CT molecular complexity index is 361. The van der Waals surface area contributed by atoms with Crippen molar-refractivity contribution < 1.29 is 8.42 Å². The summed E-state index contributed by atoms with van der Waals surface area (Å²) >= 11 is 0. The smallest absolute Gasteiger partial charge is 0.177 e. The minimum atomic E-state index is -3.17. The van der Waals surface area contributed by atoms with E-state index in [0.29, 0.717) is 5.46 Å². The zero-order chi connectivity index (χ0) is 8.48. The fourth-order valence-corrected chi connectivity index (χ4v) is 1.24. The van der Waals surface area contributed by atoms with Crippen LogP contribution in [0.1, 0.15) is 0 Å². The van der Waals surface area contributed by atoms with Crippen LogP contribution in [0.15, 0.2) is 23.4 Å². The molecule has 0 saturated carbocycles. The van der Waals surface area contributed by atoms with Gasteiger partial charge in [0.15, 0.2) is 9.84 Å². The van der Waals surface area contributed by atoms with Gasteiger partial charge in [-0.05, 0) is 6.07 Å². The molecule has 0 aliphatic carbocycles. The number of hydrogen-bond donors (Lipinski definition) is 0. The van der Waals surface area contributed by atoms with E-state index in [2.05, 4.69) is 4.98 Å². The molecule has 0 bridgehead atoms. The van der Waals surface area contributed by atoms with E-state index < -0.39 is 9.84 Å². The van der Waals surface area contributed by atoms with Crippen LogP contribution in [0.4, 0.5) is 0 Å². The first kappa shape index (κ1) is 8.26. The Kier molecular flexibility index (Phi) is 2.00. The second-order valence-electron chi connectivity index (χ2n) is 2.23. The molecule has 0 amide bonds. The molecule has 2 radical (unpaired) electrons. The van der Waals surface area contributed by atoms with Gasteiger partial charge in [-0.15, -0.1) is 0 Å². The summed E-state index contributed by atoms with van der Waals surface area (Å²) in [6, 6.07) is 1.38. The van der Waals surface area contributed by atoms with Crippen LogP contribution >= 0.6 is 0 Å². The normalized spacial score (nSPS) is 11.4. The van der Waals surface area contributed by atoms with Crippen LogP contribution in [0.5, 0.6) is 0 Å². The van der Waals surface area contributed by atoms with Crippen LogP contribution in [0.3, 0.4) is 0 Å². The molecule has 5 heteroatoms. The lowest BCUT2D eigenvalue weighted by Crippen LogP contribution is -2.07. The van der Waals surface area contributed by atoms with Crippen LogP contribution < -0.4 is 5.46 Å². The van der Waals surface area contributed by atoms with Gasteiger partial charge in [0, 0.05) is 18.6 Å². The predicted molar refractivity (Wildman–Crippen MR) is 42.7 cm³/mol. The van der Waals surface area contributed by atoms with Crippen molar-refractivity contribution in [2.45, 2.75) is 4.90 Å². The van der Waals surface area contributed by atoms with Crippen molar-refractivity contribution >= 4 is 23.1 Å². The first-order valence-electron chi connectivity index (χ1n) is 2.91. The first-order valence-corrected chi connectivity index (χ1v) is 4.80. The number of sulfone groups is 1. The monoisotopic (exact) mass is 167 g/mol. The van der Waals surface area contributed by atoms with Crippen molar-refractivity contribution in [2.24, 2.45) is 0 Å². The van der Waals surface area contributed by atoms with Crippen LogP contribution in [-0.4, -0.2) is 27.5 Å². The molecule has 3 nitrogen and oxygen atoms in total. The van der Waals surface area contributed by atoms with Crippen LogP contribution in [0.2, 0.25) is 0 Å². The standard InChI is InChI=1S/C6H6BNO2S/c1-11(9,10)6-2-5(7)3-8-4-6/h2-4H,1H3. The van der Waals surface area contributed by atoms with E-state index in [4.69, 9.17) is 7.85 Å². The molecule has 0 unspecified atom stereocenters. The zero-order valence-electron chi connectivity index (χ0n) is 5.98. The molecule has 0 saturated heterocycles. The highest BCUT2D eigenvalue weighted by atomic mass is 32.2. The molecule has 1 aromatic heterocycles. The van der Waals surface area contributed by atoms with Gasteiger partial charge in [-0.3, -0.25) is 4.98 Å². The Hall–Kier alpha value is -0.835. The van der Waals surface area contributed by atoms with E-state index >= 15 is 0 Å². The fourth-order valence-electron chi connectivity index (χ4n) is 0.638. The average Bonchev–Trinajstić information content (AvgIpc) is 1.86. The van der Waals surface area contributed by atoms with Gasteiger partial charge >= 0.3 is 0 Å². The third kappa shape index (κ3) is 2.05. The number of nitrogens with zero attached hydrogens (tertiary/aromatic N) is 1. The zero-order valence-corrected chi connectivity index (χ0v) is 6.80. The predicted octanol–water partition coefficient (Wildman–Crippen LogP) is -0.721. The van der Waals surface area contributed by atoms with Crippen LogP contribution in [0, 0.1) is 0 Å². The highest BCUT2D eigenvalue weighted by Crippen LogP contribution is 2.02. The maximum absolute atomic E-state index is 10.9. The van der Waals surface area contributed by atoms with Gasteiger partial charge in [-0.1, -0.05) is 5.46 Å².